The van der Waals surface area contributed by atoms with Gasteiger partial charge in [-0.15, -0.1) is 0 Å². The first-order chi connectivity index (χ1) is 15.6. The SMILES string of the molecule is CCOc1ccc(/C=C2\Oc3c4c(cc(C)c3C2=O)OCN(Cc2cccnc2)C4)cc1. The van der Waals surface area contributed by atoms with Crippen LogP contribution in [0, 0.1) is 6.92 Å². The van der Waals surface area contributed by atoms with Gasteiger partial charge in [-0.05, 0) is 60.9 Å². The number of benzene rings is 2. The lowest BCUT2D eigenvalue weighted by molar-refractivity contribution is 0.0871. The van der Waals surface area contributed by atoms with Crippen molar-refractivity contribution in [3.63, 3.8) is 0 Å². The van der Waals surface area contributed by atoms with E-state index in [4.69, 9.17) is 14.2 Å². The van der Waals surface area contributed by atoms with Crippen LogP contribution >= 0.6 is 0 Å². The van der Waals surface area contributed by atoms with E-state index in [9.17, 15) is 4.79 Å². The zero-order valence-electron chi connectivity index (χ0n) is 18.1. The number of aromatic nitrogens is 1. The molecule has 162 valence electrons. The van der Waals surface area contributed by atoms with Crippen molar-refractivity contribution >= 4 is 11.9 Å². The van der Waals surface area contributed by atoms with Gasteiger partial charge in [0, 0.05) is 25.5 Å². The molecule has 2 aliphatic heterocycles. The number of nitrogens with zero attached hydrogens (tertiary/aromatic N) is 2. The van der Waals surface area contributed by atoms with Gasteiger partial charge in [-0.1, -0.05) is 18.2 Å². The molecule has 0 fully saturated rings. The number of fused-ring (bicyclic) bond motifs is 3. The van der Waals surface area contributed by atoms with E-state index in [1.807, 2.05) is 62.5 Å². The number of hydrogen-bond donors (Lipinski definition) is 0. The van der Waals surface area contributed by atoms with Crippen LogP contribution in [-0.2, 0) is 13.1 Å². The van der Waals surface area contributed by atoms with Crippen LogP contribution in [0.4, 0.5) is 0 Å². The second-order valence-electron chi connectivity index (χ2n) is 7.94. The Morgan fingerprint density at radius 3 is 2.81 bits per heavy atom. The molecule has 0 saturated heterocycles. The van der Waals surface area contributed by atoms with E-state index in [0.717, 1.165) is 33.8 Å². The van der Waals surface area contributed by atoms with Gasteiger partial charge >= 0.3 is 0 Å². The molecule has 0 N–H and O–H groups in total. The number of allylic oxidation sites excluding steroid dienone is 1. The Bertz CT molecular complexity index is 1190. The third-order valence-corrected chi connectivity index (χ3v) is 5.61. The second-order valence-corrected chi connectivity index (χ2v) is 7.94. The highest BCUT2D eigenvalue weighted by Crippen LogP contribution is 2.44. The van der Waals surface area contributed by atoms with Crippen LogP contribution in [0.2, 0.25) is 0 Å². The van der Waals surface area contributed by atoms with E-state index in [-0.39, 0.29) is 5.78 Å². The van der Waals surface area contributed by atoms with Crippen LogP contribution in [0.1, 0.15) is 39.5 Å². The summed E-state index contributed by atoms with van der Waals surface area (Å²) in [7, 11) is 0. The first kappa shape index (κ1) is 20.3. The lowest BCUT2D eigenvalue weighted by Crippen LogP contribution is -2.31. The molecule has 0 bridgehead atoms. The summed E-state index contributed by atoms with van der Waals surface area (Å²) in [6.07, 6.45) is 5.40. The van der Waals surface area contributed by atoms with Crippen molar-refractivity contribution in [3.05, 3.63) is 88.4 Å². The predicted octanol–water partition coefficient (Wildman–Crippen LogP) is 4.76. The molecule has 32 heavy (non-hydrogen) atoms. The molecular formula is C26H24N2O4. The summed E-state index contributed by atoms with van der Waals surface area (Å²) in [4.78, 5) is 19.5. The van der Waals surface area contributed by atoms with Crippen molar-refractivity contribution in [1.29, 1.82) is 0 Å². The quantitative estimate of drug-likeness (QED) is 0.546. The maximum absolute atomic E-state index is 13.2. The number of Topliss-reactive ketones (excluding diaryl/α,β-unsaturated/α-hetero) is 1. The number of aryl methyl sites for hydroxylation is 1. The zero-order chi connectivity index (χ0) is 22.1. The minimum absolute atomic E-state index is 0.0985. The average Bonchev–Trinajstić information content (AvgIpc) is 3.13. The standard InChI is InChI=1S/C26H24N2O4/c1-3-30-20-8-6-18(7-9-20)12-23-25(29)24-17(2)11-22-21(26(24)32-23)15-28(16-31-22)14-19-5-4-10-27-13-19/h4-13H,3,14-16H2,1-2H3/b23-12-. The number of pyridine rings is 1. The molecule has 0 radical (unpaired) electrons. The van der Waals surface area contributed by atoms with Crippen LogP contribution in [0.5, 0.6) is 17.2 Å². The van der Waals surface area contributed by atoms with Gasteiger partial charge in [-0.3, -0.25) is 14.7 Å². The molecule has 5 rings (SSSR count). The van der Waals surface area contributed by atoms with Gasteiger partial charge in [0.25, 0.3) is 0 Å². The van der Waals surface area contributed by atoms with Crippen molar-refractivity contribution < 1.29 is 19.0 Å². The Hall–Kier alpha value is -3.64. The van der Waals surface area contributed by atoms with Gasteiger partial charge in [0.15, 0.2) is 5.76 Å². The van der Waals surface area contributed by atoms with E-state index in [1.54, 1.807) is 12.3 Å². The van der Waals surface area contributed by atoms with Crippen LogP contribution in [-0.4, -0.2) is 29.0 Å². The molecular weight excluding hydrogens is 404 g/mol. The molecule has 0 spiro atoms. The molecule has 0 aliphatic carbocycles. The summed E-state index contributed by atoms with van der Waals surface area (Å²) in [6.45, 7) is 6.30. The lowest BCUT2D eigenvalue weighted by Gasteiger charge is -2.30. The highest BCUT2D eigenvalue weighted by atomic mass is 16.5. The Labute approximate surface area is 187 Å². The van der Waals surface area contributed by atoms with Crippen LogP contribution in [0.25, 0.3) is 6.08 Å². The fourth-order valence-corrected chi connectivity index (χ4v) is 4.11. The van der Waals surface area contributed by atoms with E-state index in [1.165, 1.54) is 0 Å². The first-order valence-electron chi connectivity index (χ1n) is 10.7. The molecule has 0 unspecified atom stereocenters. The fourth-order valence-electron chi connectivity index (χ4n) is 4.11. The maximum Gasteiger partial charge on any atom is 0.232 e. The van der Waals surface area contributed by atoms with Crippen LogP contribution < -0.4 is 14.2 Å². The third-order valence-electron chi connectivity index (χ3n) is 5.61. The van der Waals surface area contributed by atoms with Gasteiger partial charge in [0.1, 0.15) is 24.0 Å². The molecule has 2 aliphatic rings. The fraction of sp³-hybridized carbons (Fsp3) is 0.231. The second kappa shape index (κ2) is 8.48. The smallest absolute Gasteiger partial charge is 0.232 e. The normalized spacial score (nSPS) is 16.3. The molecule has 3 heterocycles. The Kier molecular flexibility index (Phi) is 5.37. The predicted molar refractivity (Wildman–Crippen MR) is 121 cm³/mol. The number of hydrogen-bond acceptors (Lipinski definition) is 6. The van der Waals surface area contributed by atoms with Crippen molar-refractivity contribution in [2.75, 3.05) is 13.3 Å². The van der Waals surface area contributed by atoms with Crippen LogP contribution in [0.3, 0.4) is 0 Å². The molecule has 1 aromatic heterocycles. The molecule has 0 saturated carbocycles. The summed E-state index contributed by atoms with van der Waals surface area (Å²) >= 11 is 0. The third kappa shape index (κ3) is 3.85. The first-order valence-corrected chi connectivity index (χ1v) is 10.7. The Balaban J connectivity index is 1.43. The number of ether oxygens (including phenoxy) is 3. The van der Waals surface area contributed by atoms with Gasteiger partial charge in [0.2, 0.25) is 5.78 Å². The summed E-state index contributed by atoms with van der Waals surface area (Å²) in [5, 5.41) is 0. The monoisotopic (exact) mass is 428 g/mol. The molecule has 6 heteroatoms. The van der Waals surface area contributed by atoms with E-state index >= 15 is 0 Å². The molecule has 2 aromatic carbocycles. The van der Waals surface area contributed by atoms with Gasteiger partial charge < -0.3 is 14.2 Å². The molecule has 6 nitrogen and oxygen atoms in total. The zero-order valence-corrected chi connectivity index (χ0v) is 18.1. The summed E-state index contributed by atoms with van der Waals surface area (Å²) < 4.78 is 17.7. The molecule has 0 amide bonds. The minimum Gasteiger partial charge on any atom is -0.494 e. The number of ketones is 1. The summed E-state index contributed by atoms with van der Waals surface area (Å²) in [6, 6.07) is 13.5. The minimum atomic E-state index is -0.0985. The van der Waals surface area contributed by atoms with Crippen molar-refractivity contribution in [2.24, 2.45) is 0 Å². The highest BCUT2D eigenvalue weighted by Gasteiger charge is 2.35. The molecule has 3 aromatic rings. The van der Waals surface area contributed by atoms with Crippen molar-refractivity contribution in [3.8, 4) is 17.2 Å². The number of rotatable bonds is 5. The van der Waals surface area contributed by atoms with Crippen molar-refractivity contribution in [2.45, 2.75) is 26.9 Å². The Morgan fingerprint density at radius 1 is 1.22 bits per heavy atom. The topological polar surface area (TPSA) is 60.9 Å². The average molecular weight is 428 g/mol. The van der Waals surface area contributed by atoms with E-state index < -0.39 is 0 Å². The largest absolute Gasteiger partial charge is 0.494 e. The Morgan fingerprint density at radius 2 is 2.06 bits per heavy atom. The molecule has 0 atom stereocenters. The summed E-state index contributed by atoms with van der Waals surface area (Å²) in [5.41, 5.74) is 4.37. The summed E-state index contributed by atoms with van der Waals surface area (Å²) in [5.74, 6) is 2.41. The lowest BCUT2D eigenvalue weighted by atomic mass is 9.98. The highest BCUT2D eigenvalue weighted by molar-refractivity contribution is 6.15. The van der Waals surface area contributed by atoms with Gasteiger partial charge in [-0.25, -0.2) is 0 Å². The van der Waals surface area contributed by atoms with Crippen molar-refractivity contribution in [1.82, 2.24) is 9.88 Å². The van der Waals surface area contributed by atoms with Gasteiger partial charge in [-0.2, -0.15) is 0 Å². The van der Waals surface area contributed by atoms with E-state index in [0.29, 0.717) is 43.5 Å². The number of carbonyl (C=O) groups is 1. The number of carbonyl (C=O) groups excluding carboxylic acids is 1. The van der Waals surface area contributed by atoms with Gasteiger partial charge in [0.05, 0.1) is 17.7 Å². The van der Waals surface area contributed by atoms with Crippen LogP contribution in [0.15, 0.2) is 60.6 Å². The maximum atomic E-state index is 13.2. The van der Waals surface area contributed by atoms with E-state index in [2.05, 4.69) is 9.88 Å².